The van der Waals surface area contributed by atoms with Gasteiger partial charge in [-0.25, -0.2) is 8.42 Å². The minimum absolute atomic E-state index is 0.400. The number of sulfonamides is 1. The molecule has 6 heteroatoms. The largest absolute Gasteiger partial charge is 0.495 e. The third kappa shape index (κ3) is 2.22. The van der Waals surface area contributed by atoms with Crippen LogP contribution in [0.15, 0.2) is 18.2 Å². The van der Waals surface area contributed by atoms with E-state index in [0.717, 1.165) is 31.2 Å². The maximum atomic E-state index is 12.6. The zero-order chi connectivity index (χ0) is 14.4. The van der Waals surface area contributed by atoms with Crippen LogP contribution in [0.25, 0.3) is 0 Å². The lowest BCUT2D eigenvalue weighted by molar-refractivity contribution is 0.352. The molecule has 2 fully saturated rings. The molecule has 1 aliphatic carbocycles. The van der Waals surface area contributed by atoms with Crippen LogP contribution in [0, 0.1) is 0 Å². The number of halogens is 1. The minimum Gasteiger partial charge on any atom is -0.495 e. The summed E-state index contributed by atoms with van der Waals surface area (Å²) < 4.78 is 31.5. The van der Waals surface area contributed by atoms with E-state index in [4.69, 9.17) is 16.3 Å². The van der Waals surface area contributed by atoms with Gasteiger partial charge in [-0.1, -0.05) is 17.7 Å². The zero-order valence-corrected chi connectivity index (χ0v) is 13.0. The lowest BCUT2D eigenvalue weighted by Crippen LogP contribution is -2.44. The van der Waals surface area contributed by atoms with Crippen molar-refractivity contribution in [1.82, 2.24) is 4.31 Å². The smallest absolute Gasteiger partial charge is 0.220 e. The molecule has 20 heavy (non-hydrogen) atoms. The monoisotopic (exact) mass is 315 g/mol. The van der Waals surface area contributed by atoms with Gasteiger partial charge in [0.2, 0.25) is 10.0 Å². The summed E-state index contributed by atoms with van der Waals surface area (Å²) in [5, 5.41) is 0.538. The molecule has 0 radical (unpaired) electrons. The predicted molar refractivity (Wildman–Crippen MR) is 78.5 cm³/mol. The summed E-state index contributed by atoms with van der Waals surface area (Å²) in [6.07, 6.45) is 3.39. The first-order chi connectivity index (χ1) is 9.48. The highest BCUT2D eigenvalue weighted by atomic mass is 35.5. The third-order valence-corrected chi connectivity index (χ3v) is 7.32. The summed E-state index contributed by atoms with van der Waals surface area (Å²) in [6, 6.07) is 5.42. The zero-order valence-electron chi connectivity index (χ0n) is 11.4. The number of rotatable bonds is 3. The summed E-state index contributed by atoms with van der Waals surface area (Å²) in [5.41, 5.74) is 0.910. The highest BCUT2D eigenvalue weighted by molar-refractivity contribution is 7.90. The Bertz CT molecular complexity index is 625. The summed E-state index contributed by atoms with van der Waals surface area (Å²) in [7, 11) is -1.60. The van der Waals surface area contributed by atoms with Crippen molar-refractivity contribution in [3.8, 4) is 5.75 Å². The Balaban J connectivity index is 1.84. The average molecular weight is 316 g/mol. The Hall–Kier alpha value is -0.780. The summed E-state index contributed by atoms with van der Waals surface area (Å²) in [5.74, 6) is 0.583. The summed E-state index contributed by atoms with van der Waals surface area (Å²) in [6.45, 7) is 1.01. The fourth-order valence-electron chi connectivity index (χ4n) is 2.92. The normalized spacial score (nSPS) is 23.7. The molecule has 0 bridgehead atoms. The first-order valence-electron chi connectivity index (χ1n) is 6.81. The van der Waals surface area contributed by atoms with Crippen molar-refractivity contribution >= 4 is 21.6 Å². The number of benzene rings is 1. The van der Waals surface area contributed by atoms with Gasteiger partial charge >= 0.3 is 0 Å². The molecule has 1 aliphatic heterocycles. The second-order valence-corrected chi connectivity index (χ2v) is 8.33. The van der Waals surface area contributed by atoms with E-state index in [1.54, 1.807) is 17.5 Å². The van der Waals surface area contributed by atoms with E-state index in [0.29, 0.717) is 23.9 Å². The molecule has 1 saturated carbocycles. The van der Waals surface area contributed by atoms with Crippen molar-refractivity contribution in [2.24, 2.45) is 0 Å². The van der Waals surface area contributed by atoms with E-state index in [1.807, 2.05) is 12.1 Å². The molecule has 1 spiro atoms. The van der Waals surface area contributed by atoms with Gasteiger partial charge in [-0.3, -0.25) is 0 Å². The van der Waals surface area contributed by atoms with Gasteiger partial charge in [-0.2, -0.15) is 4.31 Å². The van der Waals surface area contributed by atoms with Crippen LogP contribution in [0.1, 0.15) is 31.2 Å². The SMILES string of the molecule is COc1cc(CN2CCCC3(CC3)S2(=O)=O)ccc1Cl. The highest BCUT2D eigenvalue weighted by Crippen LogP contribution is 2.51. The van der Waals surface area contributed by atoms with E-state index < -0.39 is 14.8 Å². The molecule has 0 unspecified atom stereocenters. The molecule has 1 aromatic carbocycles. The Morgan fingerprint density at radius 2 is 2.10 bits per heavy atom. The summed E-state index contributed by atoms with van der Waals surface area (Å²) >= 11 is 5.99. The molecular weight excluding hydrogens is 298 g/mol. The number of ether oxygens (including phenoxy) is 1. The predicted octanol–water partition coefficient (Wildman–Crippen LogP) is 2.81. The van der Waals surface area contributed by atoms with Crippen molar-refractivity contribution in [2.45, 2.75) is 37.0 Å². The van der Waals surface area contributed by atoms with Crippen LogP contribution < -0.4 is 4.74 Å². The van der Waals surface area contributed by atoms with Gasteiger partial charge in [0.25, 0.3) is 0 Å². The fourth-order valence-corrected chi connectivity index (χ4v) is 5.37. The second kappa shape index (κ2) is 4.90. The molecule has 0 atom stereocenters. The first-order valence-corrected chi connectivity index (χ1v) is 8.62. The number of nitrogens with zero attached hydrogens (tertiary/aromatic N) is 1. The van der Waals surface area contributed by atoms with Gasteiger partial charge in [-0.05, 0) is 43.4 Å². The molecule has 1 saturated heterocycles. The van der Waals surface area contributed by atoms with Crippen LogP contribution in [0.5, 0.6) is 5.75 Å². The highest BCUT2D eigenvalue weighted by Gasteiger charge is 2.58. The van der Waals surface area contributed by atoms with Gasteiger partial charge in [0.15, 0.2) is 0 Å². The van der Waals surface area contributed by atoms with E-state index in [1.165, 1.54) is 0 Å². The molecule has 1 heterocycles. The van der Waals surface area contributed by atoms with Crippen LogP contribution in [-0.2, 0) is 16.6 Å². The van der Waals surface area contributed by atoms with E-state index in [-0.39, 0.29) is 0 Å². The minimum atomic E-state index is -3.16. The molecule has 110 valence electrons. The van der Waals surface area contributed by atoms with Crippen molar-refractivity contribution in [3.05, 3.63) is 28.8 Å². The van der Waals surface area contributed by atoms with Gasteiger partial charge in [0.05, 0.1) is 16.9 Å². The van der Waals surface area contributed by atoms with E-state index >= 15 is 0 Å². The number of hydrogen-bond donors (Lipinski definition) is 0. The van der Waals surface area contributed by atoms with Crippen molar-refractivity contribution in [1.29, 1.82) is 0 Å². The molecule has 2 aliphatic rings. The van der Waals surface area contributed by atoms with Crippen LogP contribution in [0.4, 0.5) is 0 Å². The van der Waals surface area contributed by atoms with Crippen molar-refractivity contribution < 1.29 is 13.2 Å². The van der Waals surface area contributed by atoms with Crippen LogP contribution in [-0.4, -0.2) is 31.1 Å². The van der Waals surface area contributed by atoms with Crippen LogP contribution in [0.2, 0.25) is 5.02 Å². The lowest BCUT2D eigenvalue weighted by atomic mass is 10.2. The number of methoxy groups -OCH3 is 1. The quantitative estimate of drug-likeness (QED) is 0.861. The van der Waals surface area contributed by atoms with Crippen molar-refractivity contribution in [3.63, 3.8) is 0 Å². The fraction of sp³-hybridized carbons (Fsp3) is 0.571. The maximum Gasteiger partial charge on any atom is 0.220 e. The Morgan fingerprint density at radius 1 is 1.35 bits per heavy atom. The Labute approximate surface area is 124 Å². The van der Waals surface area contributed by atoms with Gasteiger partial charge in [-0.15, -0.1) is 0 Å². The maximum absolute atomic E-state index is 12.6. The second-order valence-electron chi connectivity index (χ2n) is 5.59. The average Bonchev–Trinajstić information content (AvgIpc) is 3.19. The summed E-state index contributed by atoms with van der Waals surface area (Å²) in [4.78, 5) is 0. The molecular formula is C14H18ClNO3S. The molecule has 3 rings (SSSR count). The van der Waals surface area contributed by atoms with Gasteiger partial charge < -0.3 is 4.74 Å². The van der Waals surface area contributed by atoms with E-state index in [9.17, 15) is 8.42 Å². The third-order valence-electron chi connectivity index (χ3n) is 4.31. The van der Waals surface area contributed by atoms with Gasteiger partial charge in [0.1, 0.15) is 5.75 Å². The van der Waals surface area contributed by atoms with E-state index in [2.05, 4.69) is 0 Å². The Morgan fingerprint density at radius 3 is 2.75 bits per heavy atom. The lowest BCUT2D eigenvalue weighted by Gasteiger charge is -2.32. The van der Waals surface area contributed by atoms with Crippen molar-refractivity contribution in [2.75, 3.05) is 13.7 Å². The van der Waals surface area contributed by atoms with Crippen LogP contribution in [0.3, 0.4) is 0 Å². The van der Waals surface area contributed by atoms with Gasteiger partial charge in [0, 0.05) is 13.1 Å². The number of hydrogen-bond acceptors (Lipinski definition) is 3. The Kier molecular flexibility index (Phi) is 3.47. The molecule has 0 N–H and O–H groups in total. The molecule has 1 aromatic rings. The standard InChI is InChI=1S/C14H18ClNO3S/c1-19-13-9-11(3-4-12(13)15)10-16-8-2-5-14(6-7-14)20(16,17)18/h3-4,9H,2,5-8,10H2,1H3. The molecule has 0 amide bonds. The molecule has 4 nitrogen and oxygen atoms in total. The first kappa shape index (κ1) is 14.2. The van der Waals surface area contributed by atoms with Crippen LogP contribution >= 0.6 is 11.6 Å². The topological polar surface area (TPSA) is 46.6 Å². The molecule has 0 aromatic heterocycles.